The van der Waals surface area contributed by atoms with E-state index in [0.717, 1.165) is 60.5 Å². The normalized spacial score (nSPS) is 11.9. The molecule has 2 aromatic carbocycles. The molecular formula is C32H46ClN3O5P+. The van der Waals surface area contributed by atoms with Crippen molar-refractivity contribution in [3.05, 3.63) is 42.0 Å². The Bertz CT molecular complexity index is 1320. The zero-order valence-corrected chi connectivity index (χ0v) is 27.0. The maximum absolute atomic E-state index is 12.6. The van der Waals surface area contributed by atoms with E-state index >= 15 is 0 Å². The largest absolute Gasteiger partial charge is 0.591 e. The van der Waals surface area contributed by atoms with E-state index in [1.165, 1.54) is 0 Å². The van der Waals surface area contributed by atoms with Gasteiger partial charge >= 0.3 is 8.03 Å². The van der Waals surface area contributed by atoms with Gasteiger partial charge in [-0.15, -0.1) is 11.6 Å². The van der Waals surface area contributed by atoms with Crippen LogP contribution in [0.1, 0.15) is 50.5 Å². The first-order valence-electron chi connectivity index (χ1n) is 15.0. The van der Waals surface area contributed by atoms with Crippen molar-refractivity contribution in [3.8, 4) is 0 Å². The van der Waals surface area contributed by atoms with Crippen molar-refractivity contribution in [2.24, 2.45) is 0 Å². The second-order valence-electron chi connectivity index (χ2n) is 10.8. The van der Waals surface area contributed by atoms with Gasteiger partial charge in [-0.2, -0.15) is 4.57 Å². The van der Waals surface area contributed by atoms with Crippen molar-refractivity contribution in [2.75, 3.05) is 64.4 Å². The van der Waals surface area contributed by atoms with Crippen LogP contribution in [0, 0.1) is 6.92 Å². The molecular weight excluding hydrogens is 573 g/mol. The third-order valence-corrected chi connectivity index (χ3v) is 8.43. The number of benzene rings is 2. The number of unbranched alkanes of at least 4 members (excludes halogenated alkanes) is 3. The van der Waals surface area contributed by atoms with E-state index in [1.54, 1.807) is 0 Å². The molecule has 0 aliphatic rings. The molecule has 42 heavy (non-hydrogen) atoms. The fourth-order valence-electron chi connectivity index (χ4n) is 5.03. The van der Waals surface area contributed by atoms with Crippen LogP contribution in [-0.4, -0.2) is 65.3 Å². The Kier molecular flexibility index (Phi) is 15.1. The Labute approximate surface area is 256 Å². The number of aryl methyl sites for hydroxylation is 2. The van der Waals surface area contributed by atoms with Crippen LogP contribution in [0.25, 0.3) is 21.8 Å². The van der Waals surface area contributed by atoms with E-state index in [1.807, 2.05) is 62.3 Å². The first-order chi connectivity index (χ1) is 20.3. The minimum Gasteiger partial charge on any atom is -0.591 e. The van der Waals surface area contributed by atoms with E-state index in [2.05, 4.69) is 9.88 Å². The summed E-state index contributed by atoms with van der Waals surface area (Å²) in [6, 6.07) is 11.7. The lowest BCUT2D eigenvalue weighted by Gasteiger charge is -2.14. The third kappa shape index (κ3) is 10.5. The number of hydrogen-bond donors (Lipinski definition) is 1. The van der Waals surface area contributed by atoms with Gasteiger partial charge in [0, 0.05) is 76.8 Å². The summed E-state index contributed by atoms with van der Waals surface area (Å²) in [5, 5.41) is 5.05. The molecule has 3 rings (SSSR count). The quantitative estimate of drug-likeness (QED) is 0.0616. The summed E-state index contributed by atoms with van der Waals surface area (Å²) < 4.78 is 25.7. The number of aromatic nitrogens is 1. The highest BCUT2D eigenvalue weighted by Gasteiger charge is 2.28. The second-order valence-corrected chi connectivity index (χ2v) is 12.2. The van der Waals surface area contributed by atoms with Gasteiger partial charge in [0.15, 0.2) is 0 Å². The fraction of sp³-hybridized carbons (Fsp3) is 0.562. The minimum atomic E-state index is -2.79. The number of ether oxygens (including phenoxy) is 2. The van der Waals surface area contributed by atoms with Crippen LogP contribution < -0.4 is 25.0 Å². The monoisotopic (exact) mass is 618 g/mol. The molecule has 0 amide bonds. The Morgan fingerprint density at radius 3 is 2.31 bits per heavy atom. The lowest BCUT2D eigenvalue weighted by molar-refractivity contribution is -0.645. The van der Waals surface area contributed by atoms with Crippen molar-refractivity contribution in [1.29, 1.82) is 0 Å². The van der Waals surface area contributed by atoms with Crippen molar-refractivity contribution < 1.29 is 28.3 Å². The number of pyridine rings is 1. The smallest absolute Gasteiger partial charge is 0.350 e. The van der Waals surface area contributed by atoms with Gasteiger partial charge in [0.1, 0.15) is 23.1 Å². The first-order valence-corrected chi connectivity index (χ1v) is 16.7. The van der Waals surface area contributed by atoms with Crippen LogP contribution >= 0.6 is 19.6 Å². The van der Waals surface area contributed by atoms with Gasteiger partial charge in [-0.1, -0.05) is 23.5 Å². The van der Waals surface area contributed by atoms with Crippen molar-refractivity contribution in [1.82, 2.24) is 5.32 Å². The molecule has 8 nitrogen and oxygen atoms in total. The SMILES string of the molecule is Cc1ccc2c([P+](=O)[O-])c3ccc(N(C)C)cc3[n+](CCCC(=O)CCNCCOCCOCCCCCCCl)c2c1. The number of halogens is 1. The van der Waals surface area contributed by atoms with Crippen LogP contribution in [0.4, 0.5) is 5.69 Å². The Balaban J connectivity index is 1.46. The predicted molar refractivity (Wildman–Crippen MR) is 171 cm³/mol. The highest BCUT2D eigenvalue weighted by atomic mass is 35.5. The fourth-order valence-corrected chi connectivity index (χ4v) is 5.99. The molecule has 0 aliphatic carbocycles. The van der Waals surface area contributed by atoms with Crippen molar-refractivity contribution in [2.45, 2.75) is 58.4 Å². The molecule has 10 heteroatoms. The summed E-state index contributed by atoms with van der Waals surface area (Å²) in [5.74, 6) is 0.941. The van der Waals surface area contributed by atoms with Crippen LogP contribution in [0.15, 0.2) is 36.4 Å². The molecule has 1 atom stereocenters. The number of fused-ring (bicyclic) bond motifs is 2. The number of nitrogens with zero attached hydrogens (tertiary/aromatic N) is 2. The van der Waals surface area contributed by atoms with Crippen molar-refractivity contribution in [3.63, 3.8) is 0 Å². The first kappa shape index (κ1) is 34.3. The van der Waals surface area contributed by atoms with Gasteiger partial charge in [0.05, 0.1) is 19.8 Å². The number of anilines is 1. The standard InChI is InChI=1S/C32H46ClN3O5P/c1-25-10-12-28-30(23-25)36(31-24-26(35(2)3)11-13-29(31)32(28)42(38)39)18-8-9-27(37)14-16-34-17-20-41-22-21-40-19-7-5-4-6-15-33/h10-13,23-24,34H,4-9,14-22H2,1-3H3/q+1. The number of hydrogen-bond acceptors (Lipinski definition) is 7. The van der Waals surface area contributed by atoms with E-state index in [4.69, 9.17) is 21.1 Å². The molecule has 0 saturated carbocycles. The zero-order chi connectivity index (χ0) is 30.3. The van der Waals surface area contributed by atoms with Gasteiger partial charge in [-0.05, 0) is 43.5 Å². The molecule has 0 spiro atoms. The molecule has 1 aromatic heterocycles. The van der Waals surface area contributed by atoms with Crippen LogP contribution in [0.3, 0.4) is 0 Å². The highest BCUT2D eigenvalue weighted by Crippen LogP contribution is 2.27. The molecule has 1 unspecified atom stereocenters. The molecule has 1 N–H and O–H groups in total. The van der Waals surface area contributed by atoms with E-state index in [9.17, 15) is 14.3 Å². The molecule has 0 aliphatic heterocycles. The molecule has 230 valence electrons. The summed E-state index contributed by atoms with van der Waals surface area (Å²) in [6.45, 7) is 6.47. The van der Waals surface area contributed by atoms with Crippen LogP contribution in [0.2, 0.25) is 0 Å². The number of carbonyl (C=O) groups excluding carboxylic acids is 1. The number of alkyl halides is 1. The summed E-state index contributed by atoms with van der Waals surface area (Å²) in [6.07, 6.45) is 6.05. The topological polar surface area (TPSA) is 94.8 Å². The number of rotatable bonds is 21. The third-order valence-electron chi connectivity index (χ3n) is 7.31. The number of ketones is 1. The minimum absolute atomic E-state index is 0.210. The van der Waals surface area contributed by atoms with Gasteiger partial charge in [-0.3, -0.25) is 4.79 Å². The predicted octanol–water partition coefficient (Wildman–Crippen LogP) is 4.54. The summed E-state index contributed by atoms with van der Waals surface area (Å²) in [7, 11) is 1.14. The van der Waals surface area contributed by atoms with Gasteiger partial charge < -0.3 is 24.6 Å². The molecule has 0 bridgehead atoms. The second kappa shape index (κ2) is 18.5. The average Bonchev–Trinajstić information content (AvgIpc) is 2.96. The molecule has 0 saturated heterocycles. The Hall–Kier alpha value is -2.19. The number of Topliss-reactive ketones (excluding diaryl/α,β-unsaturated/α-hetero) is 1. The van der Waals surface area contributed by atoms with Crippen LogP contribution in [0.5, 0.6) is 0 Å². The summed E-state index contributed by atoms with van der Waals surface area (Å²) in [4.78, 5) is 27.0. The average molecular weight is 619 g/mol. The maximum Gasteiger partial charge on any atom is 0.350 e. The maximum atomic E-state index is 12.6. The molecule has 3 aromatic rings. The Morgan fingerprint density at radius 1 is 0.905 bits per heavy atom. The van der Waals surface area contributed by atoms with E-state index in [-0.39, 0.29) is 5.78 Å². The zero-order valence-electron chi connectivity index (χ0n) is 25.3. The number of nitrogens with one attached hydrogen (secondary N) is 1. The van der Waals surface area contributed by atoms with Gasteiger partial charge in [0.25, 0.3) is 0 Å². The summed E-state index contributed by atoms with van der Waals surface area (Å²) in [5.41, 5.74) is 3.77. The lowest BCUT2D eigenvalue weighted by Crippen LogP contribution is -2.38. The summed E-state index contributed by atoms with van der Waals surface area (Å²) >= 11 is 5.67. The van der Waals surface area contributed by atoms with Gasteiger partial charge in [-0.25, -0.2) is 0 Å². The van der Waals surface area contributed by atoms with Crippen molar-refractivity contribution >= 4 is 58.2 Å². The molecule has 0 fully saturated rings. The van der Waals surface area contributed by atoms with E-state index < -0.39 is 8.03 Å². The van der Waals surface area contributed by atoms with Gasteiger partial charge in [0.2, 0.25) is 16.3 Å². The highest BCUT2D eigenvalue weighted by molar-refractivity contribution is 7.47. The lowest BCUT2D eigenvalue weighted by atomic mass is 10.1. The molecule has 0 radical (unpaired) electrons. The number of carbonyl (C=O) groups is 1. The van der Waals surface area contributed by atoms with Crippen LogP contribution in [-0.2, 0) is 25.4 Å². The Morgan fingerprint density at radius 2 is 1.60 bits per heavy atom. The molecule has 1 heterocycles. The van der Waals surface area contributed by atoms with E-state index in [0.29, 0.717) is 74.8 Å².